The van der Waals surface area contributed by atoms with Crippen LogP contribution in [0.5, 0.6) is 0 Å². The number of hydrogen-bond acceptors (Lipinski definition) is 0. The predicted octanol–water partition coefficient (Wildman–Crippen LogP) is 9.02. The molecule has 0 unspecified atom stereocenters. The Morgan fingerprint density at radius 1 is 0.419 bits per heavy atom. The molecule has 2 aliphatic rings. The van der Waals surface area contributed by atoms with Gasteiger partial charge >= 0.3 is 0 Å². The molecule has 0 amide bonds. The Balaban J connectivity index is 0.000000907. The molecule has 4 aromatic rings. The van der Waals surface area contributed by atoms with Gasteiger partial charge < -0.3 is 0 Å². The maximum Gasteiger partial charge on any atom is -0.00131 e. The lowest BCUT2D eigenvalue weighted by molar-refractivity contribution is 1.24. The topological polar surface area (TPSA) is 0 Å². The molecular formula is C31H34. The van der Waals surface area contributed by atoms with Crippen LogP contribution in [0.2, 0.25) is 0 Å². The van der Waals surface area contributed by atoms with E-state index in [1.165, 1.54) is 66.8 Å². The molecule has 0 aliphatic heterocycles. The summed E-state index contributed by atoms with van der Waals surface area (Å²) in [5, 5.41) is 0. The van der Waals surface area contributed by atoms with Crippen LogP contribution in [0.25, 0.3) is 33.4 Å². The molecule has 0 N–H and O–H groups in total. The highest BCUT2D eigenvalue weighted by Crippen LogP contribution is 2.41. The van der Waals surface area contributed by atoms with Crippen molar-refractivity contribution in [2.24, 2.45) is 0 Å². The zero-order valence-electron chi connectivity index (χ0n) is 16.3. The second-order valence-corrected chi connectivity index (χ2v) is 8.42. The third kappa shape index (κ3) is 3.51. The maximum absolute atomic E-state index is 2.40. The van der Waals surface area contributed by atoms with E-state index in [1.54, 1.807) is 0 Å². The van der Waals surface area contributed by atoms with E-state index in [0.29, 0.717) is 0 Å². The lowest BCUT2D eigenvalue weighted by Crippen LogP contribution is -1.86. The molecule has 4 aromatic carbocycles. The van der Waals surface area contributed by atoms with Crippen molar-refractivity contribution < 1.29 is 0 Å². The molecule has 31 heavy (non-hydrogen) atoms. The van der Waals surface area contributed by atoms with E-state index in [2.05, 4.69) is 86.6 Å². The molecule has 0 radical (unpaired) electrons. The van der Waals surface area contributed by atoms with E-state index in [4.69, 9.17) is 0 Å². The highest BCUT2D eigenvalue weighted by atomic mass is 14.2. The Bertz CT molecular complexity index is 1170. The molecule has 0 atom stereocenters. The van der Waals surface area contributed by atoms with Gasteiger partial charge in [0.25, 0.3) is 0 Å². The fourth-order valence-electron chi connectivity index (χ4n) is 5.04. The monoisotopic (exact) mass is 406 g/mol. The van der Waals surface area contributed by atoms with Gasteiger partial charge in [-0.15, -0.1) is 0 Å². The van der Waals surface area contributed by atoms with E-state index in [1.807, 2.05) is 0 Å². The van der Waals surface area contributed by atoms with Gasteiger partial charge in [-0.1, -0.05) is 106 Å². The van der Waals surface area contributed by atoms with Gasteiger partial charge in [0.05, 0.1) is 0 Å². The van der Waals surface area contributed by atoms with Crippen LogP contribution in [0, 0.1) is 13.8 Å². The second-order valence-electron chi connectivity index (χ2n) is 8.42. The van der Waals surface area contributed by atoms with Crippen LogP contribution < -0.4 is 0 Å². The van der Waals surface area contributed by atoms with Crippen molar-refractivity contribution in [1.29, 1.82) is 0 Å². The second kappa shape index (κ2) is 8.19. The lowest BCUT2D eigenvalue weighted by atomic mass is 9.96. The predicted molar refractivity (Wildman–Crippen MR) is 138 cm³/mol. The minimum absolute atomic E-state index is 0. The Hall–Kier alpha value is -3.12. The van der Waals surface area contributed by atoms with Crippen LogP contribution in [-0.2, 0) is 12.8 Å². The smallest absolute Gasteiger partial charge is 0.00131 e. The quantitative estimate of drug-likeness (QED) is 0.255. The first-order valence-electron chi connectivity index (χ1n) is 10.1. The Kier molecular flexibility index (Phi) is 5.96. The van der Waals surface area contributed by atoms with Crippen LogP contribution >= 0.6 is 0 Å². The number of rotatable bonds is 1. The number of benzene rings is 4. The standard InChI is InChI=1S/C28H22.3CH4/c1-17-3-7-25-21(11-17)15-23-13-19(5-9-27(23)25)20-6-10-28-24(14-20)16-22-12-18(2)4-8-26(22)28;;;/h3-14H,15-16H2,1-2H3;3*1H4. The minimum Gasteiger partial charge on any atom is -0.0776 e. The SMILES string of the molecule is C.C.C.Cc1ccc2c(c1)Cc1cc(-c3ccc4c(c3)Cc3cc(C)ccc3-4)ccc1-2. The third-order valence-corrected chi connectivity index (χ3v) is 6.41. The molecule has 6 rings (SSSR count). The lowest BCUT2D eigenvalue weighted by Gasteiger charge is -2.08. The van der Waals surface area contributed by atoms with E-state index in [-0.39, 0.29) is 22.3 Å². The van der Waals surface area contributed by atoms with Crippen molar-refractivity contribution in [2.45, 2.75) is 49.0 Å². The van der Waals surface area contributed by atoms with Crippen LogP contribution in [-0.4, -0.2) is 0 Å². The molecule has 0 saturated carbocycles. The highest BCUT2D eigenvalue weighted by molar-refractivity contribution is 5.83. The van der Waals surface area contributed by atoms with Crippen LogP contribution in [0.15, 0.2) is 72.8 Å². The Morgan fingerprint density at radius 2 is 0.742 bits per heavy atom. The first-order chi connectivity index (χ1) is 13.7. The van der Waals surface area contributed by atoms with Gasteiger partial charge in [0.15, 0.2) is 0 Å². The third-order valence-electron chi connectivity index (χ3n) is 6.41. The molecule has 2 aliphatic carbocycles. The van der Waals surface area contributed by atoms with E-state index >= 15 is 0 Å². The van der Waals surface area contributed by atoms with Gasteiger partial charge in [-0.05, 0) is 82.3 Å². The van der Waals surface area contributed by atoms with Gasteiger partial charge in [-0.2, -0.15) is 0 Å². The highest BCUT2D eigenvalue weighted by Gasteiger charge is 2.21. The van der Waals surface area contributed by atoms with Gasteiger partial charge in [0.1, 0.15) is 0 Å². The van der Waals surface area contributed by atoms with Crippen molar-refractivity contribution in [3.63, 3.8) is 0 Å². The van der Waals surface area contributed by atoms with E-state index in [0.717, 1.165) is 12.8 Å². The fraction of sp³-hybridized carbons (Fsp3) is 0.226. The molecule has 0 spiro atoms. The zero-order chi connectivity index (χ0) is 18.8. The van der Waals surface area contributed by atoms with Crippen molar-refractivity contribution in [2.75, 3.05) is 0 Å². The molecule has 0 bridgehead atoms. The largest absolute Gasteiger partial charge is 0.0776 e. The zero-order valence-corrected chi connectivity index (χ0v) is 16.3. The fourth-order valence-corrected chi connectivity index (χ4v) is 5.04. The summed E-state index contributed by atoms with van der Waals surface area (Å²) >= 11 is 0. The molecule has 0 aromatic heterocycles. The average Bonchev–Trinajstić information content (AvgIpc) is 3.23. The van der Waals surface area contributed by atoms with Crippen molar-refractivity contribution >= 4 is 0 Å². The Morgan fingerprint density at radius 3 is 1.13 bits per heavy atom. The first-order valence-corrected chi connectivity index (χ1v) is 10.1. The first kappa shape index (κ1) is 22.6. The van der Waals surface area contributed by atoms with Crippen LogP contribution in [0.3, 0.4) is 0 Å². The normalized spacial score (nSPS) is 11.8. The van der Waals surface area contributed by atoms with Gasteiger partial charge in [-0.25, -0.2) is 0 Å². The van der Waals surface area contributed by atoms with Crippen molar-refractivity contribution in [3.8, 4) is 33.4 Å². The Labute approximate surface area is 188 Å². The van der Waals surface area contributed by atoms with Crippen molar-refractivity contribution in [1.82, 2.24) is 0 Å². The average molecular weight is 407 g/mol. The van der Waals surface area contributed by atoms with Gasteiger partial charge in [0.2, 0.25) is 0 Å². The molecule has 0 heterocycles. The summed E-state index contributed by atoms with van der Waals surface area (Å²) in [5.41, 5.74) is 16.8. The minimum atomic E-state index is 0. The summed E-state index contributed by atoms with van der Waals surface area (Å²) in [6.45, 7) is 4.36. The summed E-state index contributed by atoms with van der Waals surface area (Å²) in [6, 6.07) is 27.7. The molecule has 0 saturated heterocycles. The van der Waals surface area contributed by atoms with Crippen LogP contribution in [0.4, 0.5) is 0 Å². The van der Waals surface area contributed by atoms with Gasteiger partial charge in [0, 0.05) is 0 Å². The number of aryl methyl sites for hydroxylation is 2. The van der Waals surface area contributed by atoms with E-state index < -0.39 is 0 Å². The molecular weight excluding hydrogens is 372 g/mol. The molecule has 0 fully saturated rings. The summed E-state index contributed by atoms with van der Waals surface area (Å²) in [7, 11) is 0. The van der Waals surface area contributed by atoms with Crippen molar-refractivity contribution in [3.05, 3.63) is 106 Å². The molecule has 158 valence electrons. The molecule has 0 nitrogen and oxygen atoms in total. The molecule has 0 heteroatoms. The summed E-state index contributed by atoms with van der Waals surface area (Å²) in [4.78, 5) is 0. The maximum atomic E-state index is 2.40. The number of fused-ring (bicyclic) bond motifs is 6. The summed E-state index contributed by atoms with van der Waals surface area (Å²) < 4.78 is 0. The summed E-state index contributed by atoms with van der Waals surface area (Å²) in [6.07, 6.45) is 2.10. The van der Waals surface area contributed by atoms with E-state index in [9.17, 15) is 0 Å². The van der Waals surface area contributed by atoms with Gasteiger partial charge in [-0.3, -0.25) is 0 Å². The van der Waals surface area contributed by atoms with Crippen LogP contribution in [0.1, 0.15) is 55.7 Å². The summed E-state index contributed by atoms with van der Waals surface area (Å²) in [5.74, 6) is 0. The number of hydrogen-bond donors (Lipinski definition) is 0.